The number of nitrogens with zero attached hydrogens (tertiary/aromatic N) is 4. The number of benzene rings is 2. The van der Waals surface area contributed by atoms with E-state index in [9.17, 15) is 5.26 Å². The van der Waals surface area contributed by atoms with Crippen molar-refractivity contribution < 1.29 is 9.47 Å². The Balaban J connectivity index is 1.77. The van der Waals surface area contributed by atoms with Gasteiger partial charge in [-0.2, -0.15) is 5.26 Å². The van der Waals surface area contributed by atoms with Gasteiger partial charge in [0, 0.05) is 36.0 Å². The van der Waals surface area contributed by atoms with E-state index in [4.69, 9.17) is 32.7 Å². The number of nitrogens with one attached hydrogen (secondary N) is 1. The van der Waals surface area contributed by atoms with Gasteiger partial charge in [0.25, 0.3) is 0 Å². The predicted octanol–water partition coefficient (Wildman–Crippen LogP) is 6.80. The molecule has 4 rings (SSSR count). The maximum Gasteiger partial charge on any atom is 0.139 e. The molecule has 0 aliphatic heterocycles. The number of methoxy groups -OCH3 is 2. The summed E-state index contributed by atoms with van der Waals surface area (Å²) < 4.78 is 11.0. The topological polar surface area (TPSA) is 83.3 Å². The molecule has 0 saturated carbocycles. The average molecular weight is 534 g/mol. The highest BCUT2D eigenvalue weighted by Crippen LogP contribution is 2.39. The fourth-order valence-electron chi connectivity index (χ4n) is 3.90. The number of aromatic nitrogens is 2. The Morgan fingerprint density at radius 2 is 1.78 bits per heavy atom. The molecule has 188 valence electrons. The molecule has 0 radical (unpaired) electrons. The first kappa shape index (κ1) is 26.2. The summed E-state index contributed by atoms with van der Waals surface area (Å²) in [5.74, 6) is 1.08. The summed E-state index contributed by atoms with van der Waals surface area (Å²) >= 11 is 12.6. The lowest BCUT2D eigenvalue weighted by Crippen LogP contribution is -2.10. The summed E-state index contributed by atoms with van der Waals surface area (Å²) in [5, 5.41) is 14.5. The number of rotatable bonds is 8. The molecule has 0 aliphatic carbocycles. The zero-order chi connectivity index (χ0) is 26.5. The zero-order valence-corrected chi connectivity index (χ0v) is 22.4. The van der Waals surface area contributed by atoms with E-state index in [1.807, 2.05) is 50.5 Å². The Bertz CT molecular complexity index is 1530. The van der Waals surface area contributed by atoms with Crippen molar-refractivity contribution in [1.29, 1.82) is 5.26 Å². The van der Waals surface area contributed by atoms with Crippen LogP contribution in [0.4, 0.5) is 11.4 Å². The molecule has 0 spiro atoms. The maximum atomic E-state index is 9.78. The Labute approximate surface area is 225 Å². The predicted molar refractivity (Wildman–Crippen MR) is 150 cm³/mol. The summed E-state index contributed by atoms with van der Waals surface area (Å²) in [4.78, 5) is 11.1. The van der Waals surface area contributed by atoms with E-state index < -0.39 is 0 Å². The summed E-state index contributed by atoms with van der Waals surface area (Å²) in [6, 6.07) is 13.3. The highest BCUT2D eigenvalue weighted by Gasteiger charge is 2.15. The number of halogens is 2. The van der Waals surface area contributed by atoms with Crippen molar-refractivity contribution in [2.24, 2.45) is 0 Å². The Hall–Kier alpha value is -3.83. The van der Waals surface area contributed by atoms with Crippen molar-refractivity contribution >= 4 is 57.6 Å². The molecule has 0 fully saturated rings. The standard InChI is InChI=1S/C28H25Cl2N5O2/c1-35(2)16-17-7-8-32-20(9-17)6-5-18-10-24-21(11-26(18)36-3)28(19(14-31)15-33-24)34-25-13-27(37-4)23(30)12-22(25)29/h5-13,15H,16H2,1-4H3,(H,33,34)/b6-5+. The van der Waals surface area contributed by atoms with Crippen molar-refractivity contribution in [3.05, 3.63) is 81.2 Å². The number of ether oxygens (including phenoxy) is 2. The van der Waals surface area contributed by atoms with Crippen molar-refractivity contribution in [2.75, 3.05) is 33.6 Å². The van der Waals surface area contributed by atoms with Crippen LogP contribution < -0.4 is 14.8 Å². The van der Waals surface area contributed by atoms with Crippen LogP contribution >= 0.6 is 23.2 Å². The van der Waals surface area contributed by atoms with Crippen LogP contribution in [0.2, 0.25) is 10.0 Å². The van der Waals surface area contributed by atoms with Crippen molar-refractivity contribution in [1.82, 2.24) is 14.9 Å². The van der Waals surface area contributed by atoms with Gasteiger partial charge in [0.15, 0.2) is 0 Å². The van der Waals surface area contributed by atoms with Gasteiger partial charge in [-0.1, -0.05) is 23.2 Å². The quantitative estimate of drug-likeness (QED) is 0.266. The van der Waals surface area contributed by atoms with Crippen LogP contribution in [-0.2, 0) is 6.54 Å². The number of pyridine rings is 2. The van der Waals surface area contributed by atoms with E-state index in [1.54, 1.807) is 25.4 Å². The first-order valence-corrected chi connectivity index (χ1v) is 12.1. The molecule has 2 heterocycles. The van der Waals surface area contributed by atoms with Crippen LogP contribution in [-0.4, -0.2) is 43.2 Å². The smallest absolute Gasteiger partial charge is 0.139 e. The highest BCUT2D eigenvalue weighted by molar-refractivity contribution is 6.37. The van der Waals surface area contributed by atoms with E-state index in [0.29, 0.717) is 49.4 Å². The van der Waals surface area contributed by atoms with Crippen molar-refractivity contribution in [3.63, 3.8) is 0 Å². The average Bonchev–Trinajstić information content (AvgIpc) is 2.88. The molecule has 0 atom stereocenters. The minimum atomic E-state index is 0.352. The van der Waals surface area contributed by atoms with Gasteiger partial charge in [-0.25, -0.2) is 0 Å². The fourth-order valence-corrected chi connectivity index (χ4v) is 4.41. The molecule has 0 bridgehead atoms. The number of anilines is 2. The molecule has 9 heteroatoms. The number of hydrogen-bond donors (Lipinski definition) is 1. The second kappa shape index (κ2) is 11.5. The summed E-state index contributed by atoms with van der Waals surface area (Å²) in [6.07, 6.45) is 7.20. The molecule has 1 N–H and O–H groups in total. The van der Waals surface area contributed by atoms with Gasteiger partial charge in [0.1, 0.15) is 17.6 Å². The first-order chi connectivity index (χ1) is 17.8. The van der Waals surface area contributed by atoms with Crippen LogP contribution in [0.1, 0.15) is 22.4 Å². The SMILES string of the molecule is COc1cc(Nc2c(C#N)cnc3cc(/C=C/c4cc(CN(C)C)ccn4)c(OC)cc23)c(Cl)cc1Cl. The first-order valence-electron chi connectivity index (χ1n) is 11.3. The van der Waals surface area contributed by atoms with Crippen molar-refractivity contribution in [2.45, 2.75) is 6.54 Å². The van der Waals surface area contributed by atoms with Crippen LogP contribution in [0.15, 0.2) is 48.8 Å². The van der Waals surface area contributed by atoms with Crippen LogP contribution in [0, 0.1) is 11.3 Å². The minimum absolute atomic E-state index is 0.352. The van der Waals surface area contributed by atoms with Gasteiger partial charge in [-0.05, 0) is 62.1 Å². The van der Waals surface area contributed by atoms with E-state index in [1.165, 1.54) is 18.9 Å². The monoisotopic (exact) mass is 533 g/mol. The normalized spacial score (nSPS) is 11.2. The molecule has 37 heavy (non-hydrogen) atoms. The molecule has 0 unspecified atom stereocenters. The molecule has 2 aromatic carbocycles. The molecule has 0 saturated heterocycles. The maximum absolute atomic E-state index is 9.78. The molecular weight excluding hydrogens is 509 g/mol. The Morgan fingerprint density at radius 3 is 2.49 bits per heavy atom. The van der Waals surface area contributed by atoms with E-state index >= 15 is 0 Å². The molecular formula is C28H25Cl2N5O2. The molecule has 7 nitrogen and oxygen atoms in total. The highest BCUT2D eigenvalue weighted by atomic mass is 35.5. The van der Waals surface area contributed by atoms with E-state index in [2.05, 4.69) is 26.3 Å². The third-order valence-corrected chi connectivity index (χ3v) is 6.23. The van der Waals surface area contributed by atoms with Crippen LogP contribution in [0.25, 0.3) is 23.1 Å². The van der Waals surface area contributed by atoms with E-state index in [0.717, 1.165) is 17.8 Å². The lowest BCUT2D eigenvalue weighted by atomic mass is 10.0. The third-order valence-electron chi connectivity index (χ3n) is 5.62. The fraction of sp³-hybridized carbons (Fsp3) is 0.179. The zero-order valence-electron chi connectivity index (χ0n) is 20.8. The van der Waals surface area contributed by atoms with Gasteiger partial charge >= 0.3 is 0 Å². The Kier molecular flexibility index (Phi) is 8.14. The number of nitriles is 1. The van der Waals surface area contributed by atoms with Gasteiger partial charge in [-0.15, -0.1) is 0 Å². The van der Waals surface area contributed by atoms with Gasteiger partial charge in [0.2, 0.25) is 0 Å². The van der Waals surface area contributed by atoms with Gasteiger partial charge in [0.05, 0.1) is 52.4 Å². The molecule has 0 aliphatic rings. The summed E-state index contributed by atoms with van der Waals surface area (Å²) in [5.41, 5.74) is 4.94. The van der Waals surface area contributed by atoms with Crippen molar-refractivity contribution in [3.8, 4) is 17.6 Å². The van der Waals surface area contributed by atoms with Crippen LogP contribution in [0.3, 0.4) is 0 Å². The van der Waals surface area contributed by atoms with Crippen LogP contribution in [0.5, 0.6) is 11.5 Å². The second-order valence-corrected chi connectivity index (χ2v) is 9.34. The Morgan fingerprint density at radius 1 is 1.00 bits per heavy atom. The molecule has 0 amide bonds. The summed E-state index contributed by atoms with van der Waals surface area (Å²) in [7, 11) is 7.18. The second-order valence-electron chi connectivity index (χ2n) is 8.52. The number of fused-ring (bicyclic) bond motifs is 1. The van der Waals surface area contributed by atoms with Gasteiger partial charge < -0.3 is 19.7 Å². The largest absolute Gasteiger partial charge is 0.496 e. The summed E-state index contributed by atoms with van der Waals surface area (Å²) in [6.45, 7) is 0.826. The third kappa shape index (κ3) is 5.95. The molecule has 2 aromatic heterocycles. The van der Waals surface area contributed by atoms with Gasteiger partial charge in [-0.3, -0.25) is 9.97 Å². The van der Waals surface area contributed by atoms with E-state index in [-0.39, 0.29) is 0 Å². The number of hydrogen-bond acceptors (Lipinski definition) is 7. The lowest BCUT2D eigenvalue weighted by Gasteiger charge is -2.16. The molecule has 4 aromatic rings. The minimum Gasteiger partial charge on any atom is -0.496 e. The lowest BCUT2D eigenvalue weighted by molar-refractivity contribution is 0.402.